The molecule has 2 aromatic carbocycles. The number of benzene rings is 2. The summed E-state index contributed by atoms with van der Waals surface area (Å²) in [5, 5.41) is 10.6. The predicted molar refractivity (Wildman–Crippen MR) is 74.7 cm³/mol. The van der Waals surface area contributed by atoms with Gasteiger partial charge in [0.15, 0.2) is 0 Å². The van der Waals surface area contributed by atoms with E-state index in [1.54, 1.807) is 12.1 Å². The fraction of sp³-hybridized carbons (Fsp3) is 0. The van der Waals surface area contributed by atoms with Crippen molar-refractivity contribution in [2.24, 2.45) is 0 Å². The lowest BCUT2D eigenvalue weighted by molar-refractivity contribution is -0.387. The standard InChI is InChI=1S/C12H10FN3O4S/c13-9-6-5-8(7-12(9)16(17)18)21(19,20)15-11-4-2-1-3-10(11)14/h1-7,15H,14H2. The third-order valence-corrected chi connectivity index (χ3v) is 3.99. The van der Waals surface area contributed by atoms with Crippen LogP contribution in [0.25, 0.3) is 0 Å². The number of nitrogens with zero attached hydrogens (tertiary/aromatic N) is 1. The van der Waals surface area contributed by atoms with E-state index in [1.807, 2.05) is 0 Å². The van der Waals surface area contributed by atoms with Gasteiger partial charge in [-0.05, 0) is 24.3 Å². The van der Waals surface area contributed by atoms with Crippen molar-refractivity contribution in [3.8, 4) is 0 Å². The van der Waals surface area contributed by atoms with Gasteiger partial charge in [-0.15, -0.1) is 0 Å². The Hall–Kier alpha value is -2.68. The van der Waals surface area contributed by atoms with Gasteiger partial charge in [0, 0.05) is 6.07 Å². The molecule has 0 bridgehead atoms. The van der Waals surface area contributed by atoms with Gasteiger partial charge in [-0.2, -0.15) is 4.39 Å². The van der Waals surface area contributed by atoms with Crippen LogP contribution in [0, 0.1) is 15.9 Å². The number of nitrogen functional groups attached to an aromatic ring is 1. The highest BCUT2D eigenvalue weighted by molar-refractivity contribution is 7.92. The molecule has 0 fully saturated rings. The van der Waals surface area contributed by atoms with Crippen LogP contribution in [0.4, 0.5) is 21.5 Å². The monoisotopic (exact) mass is 311 g/mol. The normalized spacial score (nSPS) is 11.1. The molecule has 0 heterocycles. The second kappa shape index (κ2) is 5.37. The van der Waals surface area contributed by atoms with Gasteiger partial charge in [0.1, 0.15) is 0 Å². The van der Waals surface area contributed by atoms with Gasteiger partial charge in [0.25, 0.3) is 10.0 Å². The number of nitro benzene ring substituents is 1. The van der Waals surface area contributed by atoms with E-state index in [4.69, 9.17) is 5.73 Å². The Morgan fingerprint density at radius 1 is 1.19 bits per heavy atom. The number of rotatable bonds is 4. The molecular formula is C12H10FN3O4S. The van der Waals surface area contributed by atoms with E-state index in [-0.39, 0.29) is 11.4 Å². The van der Waals surface area contributed by atoms with Gasteiger partial charge < -0.3 is 5.73 Å². The van der Waals surface area contributed by atoms with Gasteiger partial charge in [0.05, 0.1) is 21.2 Å². The zero-order valence-electron chi connectivity index (χ0n) is 10.5. The van der Waals surface area contributed by atoms with Gasteiger partial charge in [-0.3, -0.25) is 14.8 Å². The van der Waals surface area contributed by atoms with Crippen LogP contribution >= 0.6 is 0 Å². The van der Waals surface area contributed by atoms with Crippen molar-refractivity contribution in [1.82, 2.24) is 0 Å². The van der Waals surface area contributed by atoms with E-state index in [0.717, 1.165) is 12.1 Å². The summed E-state index contributed by atoms with van der Waals surface area (Å²) in [5.41, 5.74) is 5.02. The van der Waals surface area contributed by atoms with Crippen LogP contribution in [0.2, 0.25) is 0 Å². The van der Waals surface area contributed by atoms with Crippen LogP contribution in [-0.4, -0.2) is 13.3 Å². The van der Waals surface area contributed by atoms with E-state index in [9.17, 15) is 22.9 Å². The molecule has 0 aliphatic heterocycles. The molecule has 0 aromatic heterocycles. The Balaban J connectivity index is 2.43. The molecule has 7 nitrogen and oxygen atoms in total. The molecular weight excluding hydrogens is 301 g/mol. The van der Waals surface area contributed by atoms with Crippen LogP contribution < -0.4 is 10.5 Å². The second-order valence-corrected chi connectivity index (χ2v) is 5.75. The lowest BCUT2D eigenvalue weighted by atomic mass is 10.3. The first-order valence-electron chi connectivity index (χ1n) is 5.62. The fourth-order valence-corrected chi connectivity index (χ4v) is 2.70. The molecule has 9 heteroatoms. The number of anilines is 2. The first-order chi connectivity index (χ1) is 9.81. The summed E-state index contributed by atoms with van der Waals surface area (Å²) in [5.74, 6) is -1.11. The number of nitrogens with two attached hydrogens (primary N) is 1. The Morgan fingerprint density at radius 2 is 1.86 bits per heavy atom. The number of sulfonamides is 1. The van der Waals surface area contributed by atoms with Crippen molar-refractivity contribution in [3.05, 3.63) is 58.4 Å². The molecule has 0 saturated carbocycles. The number of para-hydroxylation sites is 2. The summed E-state index contributed by atoms with van der Waals surface area (Å²) in [6, 6.07) is 8.43. The Labute approximate surface area is 119 Å². The van der Waals surface area contributed by atoms with Gasteiger partial charge in [-0.1, -0.05) is 12.1 Å². The molecule has 3 N–H and O–H groups in total. The molecule has 2 rings (SSSR count). The molecule has 0 unspecified atom stereocenters. The number of nitro groups is 1. The van der Waals surface area contributed by atoms with E-state index < -0.39 is 31.3 Å². The Kier molecular flexibility index (Phi) is 3.76. The molecule has 0 spiro atoms. The lowest BCUT2D eigenvalue weighted by Gasteiger charge is -2.10. The predicted octanol–water partition coefficient (Wildman–Crippen LogP) is 2.12. The largest absolute Gasteiger partial charge is 0.397 e. The summed E-state index contributed by atoms with van der Waals surface area (Å²) < 4.78 is 39.7. The van der Waals surface area contributed by atoms with Gasteiger partial charge >= 0.3 is 5.69 Å². The van der Waals surface area contributed by atoms with Crippen molar-refractivity contribution in [2.45, 2.75) is 4.90 Å². The van der Waals surface area contributed by atoms with Crippen molar-refractivity contribution >= 4 is 27.1 Å². The van der Waals surface area contributed by atoms with Gasteiger partial charge in [0.2, 0.25) is 5.82 Å². The Morgan fingerprint density at radius 3 is 2.48 bits per heavy atom. The highest BCUT2D eigenvalue weighted by Gasteiger charge is 2.22. The third-order valence-electron chi connectivity index (χ3n) is 2.63. The van der Waals surface area contributed by atoms with Crippen molar-refractivity contribution in [2.75, 3.05) is 10.5 Å². The van der Waals surface area contributed by atoms with Crippen molar-refractivity contribution in [1.29, 1.82) is 0 Å². The molecule has 21 heavy (non-hydrogen) atoms. The second-order valence-electron chi connectivity index (χ2n) is 4.06. The van der Waals surface area contributed by atoms with Crippen LogP contribution in [0.5, 0.6) is 0 Å². The summed E-state index contributed by atoms with van der Waals surface area (Å²) in [6.45, 7) is 0. The SMILES string of the molecule is Nc1ccccc1NS(=O)(=O)c1ccc(F)c([N+](=O)[O-])c1. The zero-order chi connectivity index (χ0) is 15.6. The fourth-order valence-electron chi connectivity index (χ4n) is 1.59. The van der Waals surface area contributed by atoms with Crippen LogP contribution in [-0.2, 0) is 10.0 Å². The molecule has 0 saturated heterocycles. The Bertz CT molecular complexity index is 808. The maximum atomic E-state index is 13.2. The number of halogens is 1. The molecule has 0 atom stereocenters. The van der Waals surface area contributed by atoms with Crippen LogP contribution in [0.15, 0.2) is 47.4 Å². The average molecular weight is 311 g/mol. The van der Waals surface area contributed by atoms with E-state index in [0.29, 0.717) is 6.07 Å². The zero-order valence-corrected chi connectivity index (χ0v) is 11.3. The maximum absolute atomic E-state index is 13.2. The van der Waals surface area contributed by atoms with E-state index in [1.165, 1.54) is 12.1 Å². The highest BCUT2D eigenvalue weighted by atomic mass is 32.2. The minimum Gasteiger partial charge on any atom is -0.397 e. The number of hydrogen-bond acceptors (Lipinski definition) is 5. The third kappa shape index (κ3) is 3.08. The molecule has 0 amide bonds. The molecule has 0 radical (unpaired) electrons. The summed E-state index contributed by atoms with van der Waals surface area (Å²) in [7, 11) is -4.11. The van der Waals surface area contributed by atoms with E-state index >= 15 is 0 Å². The average Bonchev–Trinajstić information content (AvgIpc) is 2.41. The minimum atomic E-state index is -4.11. The molecule has 0 aliphatic rings. The quantitative estimate of drug-likeness (QED) is 0.510. The molecule has 0 aliphatic carbocycles. The minimum absolute atomic E-state index is 0.129. The first-order valence-corrected chi connectivity index (χ1v) is 7.11. The maximum Gasteiger partial charge on any atom is 0.306 e. The summed E-state index contributed by atoms with van der Waals surface area (Å²) in [6.07, 6.45) is 0. The van der Waals surface area contributed by atoms with Gasteiger partial charge in [-0.25, -0.2) is 8.42 Å². The molecule has 110 valence electrons. The molecule has 2 aromatic rings. The van der Waals surface area contributed by atoms with E-state index in [2.05, 4.69) is 4.72 Å². The summed E-state index contributed by atoms with van der Waals surface area (Å²) in [4.78, 5) is 9.22. The lowest BCUT2D eigenvalue weighted by Crippen LogP contribution is -2.14. The highest BCUT2D eigenvalue weighted by Crippen LogP contribution is 2.25. The first kappa shape index (κ1) is 14.7. The smallest absolute Gasteiger partial charge is 0.306 e. The van der Waals surface area contributed by atoms with Crippen molar-refractivity contribution < 1.29 is 17.7 Å². The summed E-state index contributed by atoms with van der Waals surface area (Å²) >= 11 is 0. The topological polar surface area (TPSA) is 115 Å². The number of hydrogen-bond donors (Lipinski definition) is 2. The number of nitrogens with one attached hydrogen (secondary N) is 1. The van der Waals surface area contributed by atoms with Crippen LogP contribution in [0.3, 0.4) is 0 Å². The van der Waals surface area contributed by atoms with Crippen LogP contribution in [0.1, 0.15) is 0 Å². The van der Waals surface area contributed by atoms with Crippen molar-refractivity contribution in [3.63, 3.8) is 0 Å².